The molecule has 9 heteroatoms. The fourth-order valence-corrected chi connectivity index (χ4v) is 3.01. The molecule has 0 fully saturated rings. The summed E-state index contributed by atoms with van der Waals surface area (Å²) in [6, 6.07) is 12.0. The summed E-state index contributed by atoms with van der Waals surface area (Å²) in [6.07, 6.45) is 1.25. The molecular formula is C23H21N5O4. The molecule has 0 aliphatic heterocycles. The number of methoxy groups -OCH3 is 1. The average molecular weight is 431 g/mol. The summed E-state index contributed by atoms with van der Waals surface area (Å²) in [5, 5.41) is 27.6. The summed E-state index contributed by atoms with van der Waals surface area (Å²) >= 11 is 0. The number of rotatable bonds is 5. The van der Waals surface area contributed by atoms with Crippen molar-refractivity contribution in [2.45, 2.75) is 20.8 Å². The highest BCUT2D eigenvalue weighted by atomic mass is 16.5. The van der Waals surface area contributed by atoms with Crippen LogP contribution in [-0.4, -0.2) is 34.1 Å². The van der Waals surface area contributed by atoms with E-state index >= 15 is 0 Å². The molecule has 0 saturated carbocycles. The summed E-state index contributed by atoms with van der Waals surface area (Å²) in [5.74, 6) is -0.579. The summed E-state index contributed by atoms with van der Waals surface area (Å²) in [4.78, 5) is 25.5. The van der Waals surface area contributed by atoms with Gasteiger partial charge in [-0.05, 0) is 56.2 Å². The lowest BCUT2D eigenvalue weighted by Gasteiger charge is -2.12. The molecule has 162 valence electrons. The second-order valence-electron chi connectivity index (χ2n) is 7.04. The summed E-state index contributed by atoms with van der Waals surface area (Å²) in [5.41, 5.74) is 4.27. The number of carbonyl (C=O) groups excluding carboxylic acids is 1. The molecule has 0 aliphatic carbocycles. The van der Waals surface area contributed by atoms with E-state index in [9.17, 15) is 20.0 Å². The van der Waals surface area contributed by atoms with Crippen molar-refractivity contribution in [2.24, 2.45) is 5.10 Å². The second-order valence-corrected chi connectivity index (χ2v) is 7.04. The Labute approximate surface area is 184 Å². The van der Waals surface area contributed by atoms with E-state index in [2.05, 4.69) is 15.6 Å². The van der Waals surface area contributed by atoms with E-state index in [1.54, 1.807) is 30.3 Å². The maximum Gasteiger partial charge on any atom is 0.292 e. The van der Waals surface area contributed by atoms with Crippen molar-refractivity contribution < 1.29 is 14.6 Å². The highest BCUT2D eigenvalue weighted by Crippen LogP contribution is 2.27. The molecule has 0 unspecified atom stereocenters. The monoisotopic (exact) mass is 431 g/mol. The fourth-order valence-electron chi connectivity index (χ4n) is 3.01. The number of aromatic nitrogens is 2. The van der Waals surface area contributed by atoms with Gasteiger partial charge in [0, 0.05) is 11.1 Å². The number of benzene rings is 2. The van der Waals surface area contributed by atoms with Gasteiger partial charge in [0.1, 0.15) is 11.6 Å². The van der Waals surface area contributed by atoms with Crippen LogP contribution in [0.2, 0.25) is 0 Å². The number of amides is 1. The van der Waals surface area contributed by atoms with E-state index in [0.29, 0.717) is 11.3 Å². The maximum absolute atomic E-state index is 12.8. The molecule has 0 radical (unpaired) electrons. The Balaban J connectivity index is 1.98. The molecule has 0 bridgehead atoms. The zero-order valence-corrected chi connectivity index (χ0v) is 18.0. The van der Waals surface area contributed by atoms with Gasteiger partial charge >= 0.3 is 0 Å². The third-order valence-corrected chi connectivity index (χ3v) is 5.02. The number of para-hydroxylation sites is 1. The standard InChI is InChI=1S/C23H21N5O4/c1-13-8-9-17(10-14(13)2)28-23(31)18(11-24)15(3)20(27-28)22(30)26-25-12-16-6-5-7-19(32-4)21(16)29/h5-10,12,29H,1-4H3,(H,26,30)/b25-12+. The van der Waals surface area contributed by atoms with Crippen LogP contribution in [0.15, 0.2) is 46.3 Å². The van der Waals surface area contributed by atoms with Crippen LogP contribution in [0.4, 0.5) is 0 Å². The molecule has 2 N–H and O–H groups in total. The molecule has 1 aromatic heterocycles. The molecule has 32 heavy (non-hydrogen) atoms. The van der Waals surface area contributed by atoms with E-state index in [4.69, 9.17) is 4.74 Å². The number of nitrogens with zero attached hydrogens (tertiary/aromatic N) is 4. The van der Waals surface area contributed by atoms with E-state index in [0.717, 1.165) is 15.8 Å². The van der Waals surface area contributed by atoms with E-state index in [1.807, 2.05) is 26.0 Å². The van der Waals surface area contributed by atoms with Gasteiger partial charge in [-0.3, -0.25) is 9.59 Å². The third-order valence-electron chi connectivity index (χ3n) is 5.02. The van der Waals surface area contributed by atoms with Gasteiger partial charge in [0.2, 0.25) is 0 Å². The van der Waals surface area contributed by atoms with Gasteiger partial charge in [0.25, 0.3) is 11.5 Å². The molecule has 0 aliphatic rings. The number of phenolic OH excluding ortho intramolecular Hbond substituents is 1. The van der Waals surface area contributed by atoms with Crippen LogP contribution in [0.5, 0.6) is 11.5 Å². The number of ether oxygens (including phenoxy) is 1. The molecule has 2 aromatic carbocycles. The number of aromatic hydroxyl groups is 1. The van der Waals surface area contributed by atoms with Gasteiger partial charge in [0.05, 0.1) is 19.0 Å². The Morgan fingerprint density at radius 3 is 2.66 bits per heavy atom. The molecule has 3 rings (SSSR count). The third kappa shape index (κ3) is 4.20. The van der Waals surface area contributed by atoms with Crippen LogP contribution < -0.4 is 15.7 Å². The maximum atomic E-state index is 12.8. The quantitative estimate of drug-likeness (QED) is 0.472. The smallest absolute Gasteiger partial charge is 0.292 e. The summed E-state index contributed by atoms with van der Waals surface area (Å²) < 4.78 is 6.07. The molecule has 1 heterocycles. The molecule has 3 aromatic rings. The minimum Gasteiger partial charge on any atom is -0.504 e. The fraction of sp³-hybridized carbons (Fsp3) is 0.174. The second kappa shape index (κ2) is 9.14. The molecule has 0 spiro atoms. The Hall–Kier alpha value is -4.45. The zero-order valence-electron chi connectivity index (χ0n) is 18.0. The molecule has 1 amide bonds. The van der Waals surface area contributed by atoms with E-state index < -0.39 is 11.5 Å². The van der Waals surface area contributed by atoms with Gasteiger partial charge in [0.15, 0.2) is 17.2 Å². The predicted octanol–water partition coefficient (Wildman–Crippen LogP) is 2.51. The Kier molecular flexibility index (Phi) is 6.35. The number of aryl methyl sites for hydroxylation is 2. The van der Waals surface area contributed by atoms with Crippen molar-refractivity contribution >= 4 is 12.1 Å². The van der Waals surface area contributed by atoms with Crippen molar-refractivity contribution in [3.63, 3.8) is 0 Å². The summed E-state index contributed by atoms with van der Waals surface area (Å²) in [6.45, 7) is 5.30. The largest absolute Gasteiger partial charge is 0.504 e. The Morgan fingerprint density at radius 2 is 2.00 bits per heavy atom. The number of nitrogens with one attached hydrogen (secondary N) is 1. The number of phenols is 1. The lowest BCUT2D eigenvalue weighted by atomic mass is 10.1. The highest BCUT2D eigenvalue weighted by molar-refractivity contribution is 5.95. The van der Waals surface area contributed by atoms with Crippen LogP contribution in [0, 0.1) is 32.1 Å². The predicted molar refractivity (Wildman–Crippen MR) is 118 cm³/mol. The minimum absolute atomic E-state index is 0.119. The first kappa shape index (κ1) is 22.2. The normalized spacial score (nSPS) is 10.7. The zero-order chi connectivity index (χ0) is 23.4. The Morgan fingerprint density at radius 1 is 1.25 bits per heavy atom. The lowest BCUT2D eigenvalue weighted by molar-refractivity contribution is 0.0947. The topological polar surface area (TPSA) is 130 Å². The average Bonchev–Trinajstić information content (AvgIpc) is 2.77. The molecule has 0 atom stereocenters. The van der Waals surface area contributed by atoms with E-state index in [1.165, 1.54) is 20.2 Å². The van der Waals surface area contributed by atoms with Crippen molar-refractivity contribution in [1.82, 2.24) is 15.2 Å². The number of hydrogen-bond acceptors (Lipinski definition) is 7. The first-order chi connectivity index (χ1) is 15.3. The highest BCUT2D eigenvalue weighted by Gasteiger charge is 2.20. The van der Waals surface area contributed by atoms with Gasteiger partial charge < -0.3 is 9.84 Å². The van der Waals surface area contributed by atoms with Crippen molar-refractivity contribution in [3.8, 4) is 23.3 Å². The first-order valence-electron chi connectivity index (χ1n) is 9.59. The Bertz CT molecular complexity index is 1340. The number of nitriles is 1. The van der Waals surface area contributed by atoms with Gasteiger partial charge in [-0.15, -0.1) is 0 Å². The van der Waals surface area contributed by atoms with Gasteiger partial charge in [-0.1, -0.05) is 12.1 Å². The minimum atomic E-state index is -0.713. The molecule has 0 saturated heterocycles. The van der Waals surface area contributed by atoms with E-state index in [-0.39, 0.29) is 28.3 Å². The summed E-state index contributed by atoms with van der Waals surface area (Å²) in [7, 11) is 1.42. The van der Waals surface area contributed by atoms with Crippen LogP contribution in [0.3, 0.4) is 0 Å². The number of hydrazone groups is 1. The molecular weight excluding hydrogens is 410 g/mol. The van der Waals surface area contributed by atoms with Crippen molar-refractivity contribution in [1.29, 1.82) is 5.26 Å². The lowest BCUT2D eigenvalue weighted by Crippen LogP contribution is -2.31. The number of hydrogen-bond donors (Lipinski definition) is 2. The van der Waals surface area contributed by atoms with Crippen LogP contribution >= 0.6 is 0 Å². The first-order valence-corrected chi connectivity index (χ1v) is 9.59. The van der Waals surface area contributed by atoms with Gasteiger partial charge in [-0.25, -0.2) is 5.43 Å². The SMILES string of the molecule is COc1cccc(/C=N/NC(=O)c2nn(-c3ccc(C)c(C)c3)c(=O)c(C#N)c2C)c1O. The van der Waals surface area contributed by atoms with Gasteiger partial charge in [-0.2, -0.15) is 20.1 Å². The number of carbonyl (C=O) groups is 1. The van der Waals surface area contributed by atoms with Crippen LogP contribution in [0.1, 0.15) is 38.3 Å². The van der Waals surface area contributed by atoms with Crippen molar-refractivity contribution in [3.05, 3.63) is 80.3 Å². The van der Waals surface area contributed by atoms with Crippen LogP contribution in [-0.2, 0) is 0 Å². The van der Waals surface area contributed by atoms with Crippen LogP contribution in [0.25, 0.3) is 5.69 Å². The van der Waals surface area contributed by atoms with Crippen molar-refractivity contribution in [2.75, 3.05) is 7.11 Å². The molecule has 9 nitrogen and oxygen atoms in total.